The fourth-order valence-electron chi connectivity index (χ4n) is 8.69. The van der Waals surface area contributed by atoms with Crippen molar-refractivity contribution in [1.29, 1.82) is 0 Å². The van der Waals surface area contributed by atoms with Crippen LogP contribution in [0.1, 0.15) is 73.2 Å². The van der Waals surface area contributed by atoms with Crippen molar-refractivity contribution in [2.75, 3.05) is 4.90 Å². The number of hydrogen-bond acceptors (Lipinski definition) is 5. The number of benzene rings is 5. The molecule has 1 aliphatic carbocycles. The first-order valence-electron chi connectivity index (χ1n) is 20.1. The fourth-order valence-corrected chi connectivity index (χ4v) is 11.9. The molecule has 3 aromatic heterocycles. The number of unbranched alkanes of at least 4 members (excludes halogenated alkanes) is 2. The average molecular weight is 796 g/mol. The van der Waals surface area contributed by atoms with Gasteiger partial charge in [0.25, 0.3) is 0 Å². The number of rotatable bonds is 14. The van der Waals surface area contributed by atoms with E-state index in [0.717, 1.165) is 33.1 Å². The Labute approximate surface area is 348 Å². The summed E-state index contributed by atoms with van der Waals surface area (Å²) in [6, 6.07) is 57.7. The molecule has 0 unspecified atom stereocenters. The van der Waals surface area contributed by atoms with Gasteiger partial charge in [-0.1, -0.05) is 124 Å². The summed E-state index contributed by atoms with van der Waals surface area (Å²) in [6.45, 7) is 4.65. The maximum Gasteiger partial charge on any atom is 0.160 e. The van der Waals surface area contributed by atoms with Gasteiger partial charge in [-0.05, 0) is 119 Å². The Kier molecular flexibility index (Phi) is 10.6. The normalized spacial score (nSPS) is 12.7. The molecule has 2 nitrogen and oxygen atoms in total. The van der Waals surface area contributed by atoms with Crippen LogP contribution in [0.5, 0.6) is 0 Å². The van der Waals surface area contributed by atoms with Gasteiger partial charge in [0.2, 0.25) is 0 Å². The average Bonchev–Trinajstić information content (AvgIpc) is 4.09. The van der Waals surface area contributed by atoms with Gasteiger partial charge in [0.05, 0.1) is 9.75 Å². The van der Waals surface area contributed by atoms with E-state index in [1.165, 1.54) is 97.0 Å². The summed E-state index contributed by atoms with van der Waals surface area (Å²) in [5.41, 5.74) is 13.0. The van der Waals surface area contributed by atoms with Crippen LogP contribution in [0.3, 0.4) is 0 Å². The molecule has 9 rings (SSSR count). The highest BCUT2D eigenvalue weighted by molar-refractivity contribution is 7.27. The van der Waals surface area contributed by atoms with E-state index in [1.54, 1.807) is 11.3 Å². The van der Waals surface area contributed by atoms with Crippen LogP contribution in [-0.4, -0.2) is 6.29 Å². The number of nitrogens with zero attached hydrogens (tertiary/aromatic N) is 1. The zero-order valence-corrected chi connectivity index (χ0v) is 34.9. The van der Waals surface area contributed by atoms with E-state index in [1.807, 2.05) is 28.7 Å². The van der Waals surface area contributed by atoms with E-state index >= 15 is 0 Å². The van der Waals surface area contributed by atoms with Gasteiger partial charge in [-0.15, -0.1) is 34.0 Å². The molecular formula is C52H45NOS3. The summed E-state index contributed by atoms with van der Waals surface area (Å²) < 4.78 is 0. The molecule has 0 amide bonds. The fraction of sp³-hybridized carbons (Fsp3) is 0.173. The Morgan fingerprint density at radius 2 is 1.07 bits per heavy atom. The zero-order chi connectivity index (χ0) is 38.8. The summed E-state index contributed by atoms with van der Waals surface area (Å²) in [4.78, 5) is 20.7. The highest BCUT2D eigenvalue weighted by Gasteiger charge is 2.42. The van der Waals surface area contributed by atoms with Crippen LogP contribution in [-0.2, 0) is 5.41 Å². The number of thiophene rings is 3. The molecule has 5 heteroatoms. The van der Waals surface area contributed by atoms with Gasteiger partial charge in [0, 0.05) is 47.5 Å². The third kappa shape index (κ3) is 7.03. The first kappa shape index (κ1) is 37.3. The summed E-state index contributed by atoms with van der Waals surface area (Å²) in [5, 5.41) is 0. The van der Waals surface area contributed by atoms with Crippen LogP contribution in [0.4, 0.5) is 17.1 Å². The van der Waals surface area contributed by atoms with E-state index < -0.39 is 0 Å². The molecule has 0 saturated heterocycles. The summed E-state index contributed by atoms with van der Waals surface area (Å²) in [7, 11) is 0. The van der Waals surface area contributed by atoms with E-state index in [4.69, 9.17) is 0 Å². The highest BCUT2D eigenvalue weighted by atomic mass is 32.1. The quantitative estimate of drug-likeness (QED) is 0.102. The monoisotopic (exact) mass is 795 g/mol. The van der Waals surface area contributed by atoms with Crippen molar-refractivity contribution < 1.29 is 4.79 Å². The number of aldehydes is 1. The predicted octanol–water partition coefficient (Wildman–Crippen LogP) is 16.5. The molecule has 282 valence electrons. The maximum atomic E-state index is 11.5. The minimum Gasteiger partial charge on any atom is -0.311 e. The molecule has 0 saturated carbocycles. The standard InChI is InChI=1S/C52H45NOS3/c1-3-5-31-52(32-6-4-2)45-20-14-13-19-42(45)43-27-23-37(33-46(43)52)44-34-50(57-51(44)49-30-29-48(56-49)47-28-26-41(35-54)55-47)36-21-24-40(25-22-36)53(38-15-9-7-10-16-38)39-17-11-8-12-18-39/h7-30,33-35H,3-6,31-32H2,1-2H3. The first-order valence-corrected chi connectivity index (χ1v) is 22.6. The Bertz CT molecular complexity index is 2580. The van der Waals surface area contributed by atoms with Gasteiger partial charge >= 0.3 is 0 Å². The molecule has 0 radical (unpaired) electrons. The van der Waals surface area contributed by atoms with Crippen LogP contribution < -0.4 is 4.90 Å². The van der Waals surface area contributed by atoms with Crippen molar-refractivity contribution in [2.24, 2.45) is 0 Å². The van der Waals surface area contributed by atoms with Gasteiger partial charge in [-0.3, -0.25) is 4.79 Å². The lowest BCUT2D eigenvalue weighted by atomic mass is 9.70. The maximum absolute atomic E-state index is 11.5. The topological polar surface area (TPSA) is 20.3 Å². The molecule has 0 fully saturated rings. The predicted molar refractivity (Wildman–Crippen MR) is 247 cm³/mol. The van der Waals surface area contributed by atoms with Crippen molar-refractivity contribution in [3.05, 3.63) is 174 Å². The van der Waals surface area contributed by atoms with Gasteiger partial charge in [-0.25, -0.2) is 0 Å². The molecule has 0 aliphatic heterocycles. The molecule has 0 N–H and O–H groups in total. The minimum absolute atomic E-state index is 0.0255. The number of hydrogen-bond donors (Lipinski definition) is 0. The van der Waals surface area contributed by atoms with Crippen molar-refractivity contribution in [3.63, 3.8) is 0 Å². The second kappa shape index (κ2) is 16.3. The Hall–Kier alpha value is -5.33. The Morgan fingerprint density at radius 3 is 1.74 bits per heavy atom. The number of para-hydroxylation sites is 2. The molecular weight excluding hydrogens is 751 g/mol. The number of fused-ring (bicyclic) bond motifs is 3. The molecule has 57 heavy (non-hydrogen) atoms. The summed E-state index contributed by atoms with van der Waals surface area (Å²) in [6.07, 6.45) is 8.10. The van der Waals surface area contributed by atoms with Crippen LogP contribution >= 0.6 is 34.0 Å². The van der Waals surface area contributed by atoms with Gasteiger partial charge in [0.15, 0.2) is 6.29 Å². The third-order valence-corrected chi connectivity index (χ3v) is 15.1. The van der Waals surface area contributed by atoms with Crippen molar-refractivity contribution in [2.45, 2.75) is 57.8 Å². The first-order chi connectivity index (χ1) is 28.1. The molecule has 0 atom stereocenters. The van der Waals surface area contributed by atoms with Crippen LogP contribution in [0, 0.1) is 0 Å². The Balaban J connectivity index is 1.17. The smallest absolute Gasteiger partial charge is 0.160 e. The van der Waals surface area contributed by atoms with E-state index in [-0.39, 0.29) is 5.41 Å². The van der Waals surface area contributed by atoms with Crippen LogP contribution in [0.15, 0.2) is 158 Å². The number of anilines is 3. The molecule has 5 aromatic carbocycles. The van der Waals surface area contributed by atoms with Crippen LogP contribution in [0.25, 0.3) is 52.2 Å². The molecule has 1 aliphatic rings. The van der Waals surface area contributed by atoms with Gasteiger partial charge in [0.1, 0.15) is 0 Å². The lowest BCUT2D eigenvalue weighted by Gasteiger charge is -2.33. The SMILES string of the molecule is CCCCC1(CCCC)c2ccccc2-c2ccc(-c3cc(-c4ccc(N(c5ccccc5)c5ccccc5)cc4)sc3-c3ccc(-c4ccc(C=O)s4)s3)cc21. The molecule has 8 aromatic rings. The summed E-state index contributed by atoms with van der Waals surface area (Å²) >= 11 is 5.25. The van der Waals surface area contributed by atoms with E-state index in [9.17, 15) is 4.79 Å². The third-order valence-electron chi connectivity index (χ3n) is 11.5. The Morgan fingerprint density at radius 1 is 0.491 bits per heavy atom. The lowest BCUT2D eigenvalue weighted by molar-refractivity contribution is 0.112. The van der Waals surface area contributed by atoms with E-state index in [0.29, 0.717) is 0 Å². The molecule has 0 spiro atoms. The highest BCUT2D eigenvalue weighted by Crippen LogP contribution is 2.56. The van der Waals surface area contributed by atoms with E-state index in [2.05, 4.69) is 170 Å². The van der Waals surface area contributed by atoms with Gasteiger partial charge < -0.3 is 4.90 Å². The summed E-state index contributed by atoms with van der Waals surface area (Å²) in [5.74, 6) is 0. The van der Waals surface area contributed by atoms with Crippen molar-refractivity contribution in [3.8, 4) is 52.2 Å². The lowest BCUT2D eigenvalue weighted by Crippen LogP contribution is -2.25. The zero-order valence-electron chi connectivity index (χ0n) is 32.4. The van der Waals surface area contributed by atoms with Gasteiger partial charge in [-0.2, -0.15) is 0 Å². The largest absolute Gasteiger partial charge is 0.311 e. The van der Waals surface area contributed by atoms with Crippen molar-refractivity contribution >= 4 is 57.4 Å². The second-order valence-corrected chi connectivity index (χ2v) is 18.2. The number of carbonyl (C=O) groups is 1. The van der Waals surface area contributed by atoms with Crippen molar-refractivity contribution in [1.82, 2.24) is 0 Å². The minimum atomic E-state index is 0.0255. The number of carbonyl (C=O) groups excluding carboxylic acids is 1. The second-order valence-electron chi connectivity index (χ2n) is 15.0. The molecule has 0 bridgehead atoms. The van der Waals surface area contributed by atoms with Crippen LogP contribution in [0.2, 0.25) is 0 Å². The molecule has 3 heterocycles.